The van der Waals surface area contributed by atoms with Gasteiger partial charge in [-0.2, -0.15) is 0 Å². The molecular weight excluding hydrogens is 314 g/mol. The van der Waals surface area contributed by atoms with Crippen LogP contribution in [0.15, 0.2) is 52.0 Å². The molecule has 1 aromatic carbocycles. The molecule has 0 amide bonds. The summed E-state index contributed by atoms with van der Waals surface area (Å²) in [5, 5.41) is 4.11. The highest BCUT2D eigenvalue weighted by Gasteiger charge is 2.28. The zero-order valence-corrected chi connectivity index (χ0v) is 14.5. The molecule has 0 unspecified atom stereocenters. The average molecular weight is 335 g/mol. The van der Waals surface area contributed by atoms with Crippen molar-refractivity contribution >= 4 is 0 Å². The van der Waals surface area contributed by atoms with Gasteiger partial charge in [0.2, 0.25) is 0 Å². The quantitative estimate of drug-likeness (QED) is 0.735. The summed E-state index contributed by atoms with van der Waals surface area (Å²) in [5.74, 6) is 0.704. The fraction of sp³-hybridized carbons (Fsp3) is 0.350. The van der Waals surface area contributed by atoms with E-state index in [0.29, 0.717) is 12.3 Å². The van der Waals surface area contributed by atoms with Crippen molar-refractivity contribution in [2.24, 2.45) is 5.41 Å². The number of hydrogen-bond donors (Lipinski definition) is 0. The van der Waals surface area contributed by atoms with Gasteiger partial charge in [-0.15, -0.1) is 0 Å². The van der Waals surface area contributed by atoms with Gasteiger partial charge in [0.1, 0.15) is 5.69 Å². The summed E-state index contributed by atoms with van der Waals surface area (Å²) < 4.78 is 7.05. The summed E-state index contributed by atoms with van der Waals surface area (Å²) >= 11 is 0. The Morgan fingerprint density at radius 2 is 2.04 bits per heavy atom. The predicted octanol–water partition coefficient (Wildman–Crippen LogP) is 3.46. The second-order valence-corrected chi connectivity index (χ2v) is 7.49. The maximum absolute atomic E-state index is 12.8. The summed E-state index contributed by atoms with van der Waals surface area (Å²) in [6.07, 6.45) is 4.36. The molecule has 0 saturated heterocycles. The topological polar surface area (TPSA) is 60.9 Å². The molecule has 1 aliphatic carbocycles. The van der Waals surface area contributed by atoms with Gasteiger partial charge in [-0.1, -0.05) is 49.3 Å². The van der Waals surface area contributed by atoms with Gasteiger partial charge in [-0.05, 0) is 24.7 Å². The summed E-state index contributed by atoms with van der Waals surface area (Å²) in [4.78, 5) is 17.4. The van der Waals surface area contributed by atoms with Crippen molar-refractivity contribution in [3.8, 4) is 11.3 Å². The van der Waals surface area contributed by atoms with Crippen molar-refractivity contribution in [1.82, 2.24) is 14.7 Å². The average Bonchev–Trinajstić information content (AvgIpc) is 3.07. The first-order valence-corrected chi connectivity index (χ1v) is 8.60. The van der Waals surface area contributed by atoms with E-state index in [0.717, 1.165) is 41.8 Å². The van der Waals surface area contributed by atoms with Crippen LogP contribution in [0.25, 0.3) is 11.3 Å². The van der Waals surface area contributed by atoms with E-state index in [-0.39, 0.29) is 11.0 Å². The van der Waals surface area contributed by atoms with E-state index in [4.69, 9.17) is 4.52 Å². The number of fused-ring (bicyclic) bond motifs is 1. The van der Waals surface area contributed by atoms with E-state index in [1.807, 2.05) is 36.4 Å². The molecule has 2 aromatic heterocycles. The van der Waals surface area contributed by atoms with Crippen LogP contribution in [-0.2, 0) is 19.4 Å². The summed E-state index contributed by atoms with van der Waals surface area (Å²) in [6, 6.07) is 11.7. The maximum Gasteiger partial charge on any atom is 0.257 e. The van der Waals surface area contributed by atoms with Crippen LogP contribution in [0.5, 0.6) is 0 Å². The normalized spacial score (nSPS) is 15.8. The molecule has 0 radical (unpaired) electrons. The molecule has 0 spiro atoms. The summed E-state index contributed by atoms with van der Waals surface area (Å²) in [5.41, 5.74) is 3.69. The van der Waals surface area contributed by atoms with Crippen molar-refractivity contribution in [2.75, 3.05) is 0 Å². The minimum atomic E-state index is 0.0436. The lowest BCUT2D eigenvalue weighted by atomic mass is 9.76. The van der Waals surface area contributed by atoms with E-state index >= 15 is 0 Å². The van der Waals surface area contributed by atoms with Crippen LogP contribution in [0.4, 0.5) is 0 Å². The first kappa shape index (κ1) is 15.8. The Morgan fingerprint density at radius 1 is 1.24 bits per heavy atom. The second kappa shape index (κ2) is 5.99. The van der Waals surface area contributed by atoms with Gasteiger partial charge in [-0.3, -0.25) is 9.36 Å². The van der Waals surface area contributed by atoms with Crippen molar-refractivity contribution in [3.63, 3.8) is 0 Å². The number of hydrogen-bond acceptors (Lipinski definition) is 4. The molecule has 128 valence electrons. The molecule has 0 atom stereocenters. The highest BCUT2D eigenvalue weighted by molar-refractivity contribution is 5.56. The minimum absolute atomic E-state index is 0.0436. The highest BCUT2D eigenvalue weighted by atomic mass is 16.5. The third kappa shape index (κ3) is 3.14. The number of nitrogens with zero attached hydrogens (tertiary/aromatic N) is 3. The van der Waals surface area contributed by atoms with Crippen LogP contribution in [0.2, 0.25) is 0 Å². The Hall–Kier alpha value is -2.69. The molecule has 5 heteroatoms. The Labute approximate surface area is 146 Å². The Balaban J connectivity index is 1.62. The third-order valence-electron chi connectivity index (χ3n) is 4.86. The molecule has 0 saturated carbocycles. The van der Waals surface area contributed by atoms with Crippen LogP contribution in [-0.4, -0.2) is 14.7 Å². The zero-order chi connectivity index (χ0) is 17.4. The summed E-state index contributed by atoms with van der Waals surface area (Å²) in [6.45, 7) is 4.78. The molecule has 3 aromatic rings. The molecule has 25 heavy (non-hydrogen) atoms. The third-order valence-corrected chi connectivity index (χ3v) is 4.86. The Kier molecular flexibility index (Phi) is 3.79. The van der Waals surface area contributed by atoms with Crippen molar-refractivity contribution in [2.45, 2.75) is 39.7 Å². The van der Waals surface area contributed by atoms with Crippen LogP contribution in [0, 0.1) is 5.41 Å². The second-order valence-electron chi connectivity index (χ2n) is 7.49. The van der Waals surface area contributed by atoms with Crippen molar-refractivity contribution in [1.29, 1.82) is 0 Å². The molecule has 0 bridgehead atoms. The molecule has 5 nitrogen and oxygen atoms in total. The SMILES string of the molecule is CC1(C)CCc2ncn(Cc3cc(-c4ccccc4)on3)c(=O)c2C1. The first-order valence-electron chi connectivity index (χ1n) is 8.60. The molecule has 2 heterocycles. The predicted molar refractivity (Wildman–Crippen MR) is 95.3 cm³/mol. The van der Waals surface area contributed by atoms with Crippen LogP contribution in [0.3, 0.4) is 0 Å². The number of benzene rings is 1. The van der Waals surface area contributed by atoms with Gasteiger partial charge in [0.15, 0.2) is 5.76 Å². The van der Waals surface area contributed by atoms with Gasteiger partial charge in [0.25, 0.3) is 5.56 Å². The number of aromatic nitrogens is 3. The van der Waals surface area contributed by atoms with Gasteiger partial charge >= 0.3 is 0 Å². The summed E-state index contributed by atoms with van der Waals surface area (Å²) in [7, 11) is 0. The van der Waals surface area contributed by atoms with Gasteiger partial charge < -0.3 is 4.52 Å². The minimum Gasteiger partial charge on any atom is -0.356 e. The molecule has 0 N–H and O–H groups in total. The molecule has 0 aliphatic heterocycles. The van der Waals surface area contributed by atoms with E-state index in [1.54, 1.807) is 10.9 Å². The first-order chi connectivity index (χ1) is 12.0. The highest BCUT2D eigenvalue weighted by Crippen LogP contribution is 2.32. The van der Waals surface area contributed by atoms with Gasteiger partial charge in [0.05, 0.1) is 18.6 Å². The van der Waals surface area contributed by atoms with E-state index in [1.165, 1.54) is 0 Å². The van der Waals surface area contributed by atoms with Crippen LogP contribution in [0.1, 0.15) is 37.2 Å². The van der Waals surface area contributed by atoms with Crippen molar-refractivity contribution in [3.05, 3.63) is 70.0 Å². The number of rotatable bonds is 3. The lowest BCUT2D eigenvalue weighted by Crippen LogP contribution is -2.33. The lowest BCUT2D eigenvalue weighted by Gasteiger charge is -2.30. The zero-order valence-electron chi connectivity index (χ0n) is 14.5. The van der Waals surface area contributed by atoms with E-state index in [2.05, 4.69) is 24.0 Å². The van der Waals surface area contributed by atoms with Gasteiger partial charge in [0, 0.05) is 17.2 Å². The van der Waals surface area contributed by atoms with Crippen LogP contribution >= 0.6 is 0 Å². The monoisotopic (exact) mass is 335 g/mol. The molecule has 4 rings (SSSR count). The fourth-order valence-corrected chi connectivity index (χ4v) is 3.40. The van der Waals surface area contributed by atoms with Gasteiger partial charge in [-0.25, -0.2) is 4.98 Å². The standard InChI is InChI=1S/C20H21N3O2/c1-20(2)9-8-17-16(11-20)19(24)23(13-21-17)12-15-10-18(25-22-15)14-6-4-3-5-7-14/h3-7,10,13H,8-9,11-12H2,1-2H3. The smallest absolute Gasteiger partial charge is 0.257 e. The molecule has 0 fully saturated rings. The van der Waals surface area contributed by atoms with Crippen molar-refractivity contribution < 1.29 is 4.52 Å². The largest absolute Gasteiger partial charge is 0.356 e. The lowest BCUT2D eigenvalue weighted by molar-refractivity contribution is 0.308. The van der Waals surface area contributed by atoms with Crippen LogP contribution < -0.4 is 5.56 Å². The molecular formula is C20H21N3O2. The van der Waals surface area contributed by atoms with E-state index in [9.17, 15) is 4.79 Å². The van der Waals surface area contributed by atoms with E-state index < -0.39 is 0 Å². The Bertz CT molecular complexity index is 955. The molecule has 1 aliphatic rings. The fourth-order valence-electron chi connectivity index (χ4n) is 3.40. The number of aryl methyl sites for hydroxylation is 1. The maximum atomic E-state index is 12.8. The Morgan fingerprint density at radius 3 is 2.84 bits per heavy atom.